The van der Waals surface area contributed by atoms with Gasteiger partial charge in [-0.1, -0.05) is 0 Å². The lowest BCUT2D eigenvalue weighted by molar-refractivity contribution is -0.183. The van der Waals surface area contributed by atoms with Gasteiger partial charge < -0.3 is 25.8 Å². The Labute approximate surface area is 70.8 Å². The Morgan fingerprint density at radius 3 is 2.42 bits per heavy atom. The third-order valence-electron chi connectivity index (χ3n) is 2.24. The van der Waals surface area contributed by atoms with Crippen molar-refractivity contribution in [1.82, 2.24) is 0 Å². The zero-order valence-corrected chi connectivity index (χ0v) is 6.92. The zero-order valence-electron chi connectivity index (χ0n) is 6.92. The van der Waals surface area contributed by atoms with Gasteiger partial charge in [0.2, 0.25) is 0 Å². The van der Waals surface area contributed by atoms with Crippen molar-refractivity contribution in [1.29, 1.82) is 0 Å². The molecular weight excluding hydrogens is 162 g/mol. The molecular formula is C7H15NO4. The first-order valence-corrected chi connectivity index (χ1v) is 3.96. The fourth-order valence-corrected chi connectivity index (χ4v) is 1.32. The van der Waals surface area contributed by atoms with Gasteiger partial charge >= 0.3 is 0 Å². The third kappa shape index (κ3) is 1.60. The molecule has 72 valence electrons. The number of ether oxygens (including phenoxy) is 1. The molecule has 1 fully saturated rings. The van der Waals surface area contributed by atoms with Crippen molar-refractivity contribution >= 4 is 0 Å². The third-order valence-corrected chi connectivity index (χ3v) is 2.24. The molecule has 1 aliphatic heterocycles. The topological polar surface area (TPSA) is 95.9 Å². The van der Waals surface area contributed by atoms with E-state index in [0.717, 1.165) is 0 Å². The quantitative estimate of drug-likeness (QED) is 0.365. The molecule has 1 heterocycles. The Hall–Kier alpha value is -0.200. The molecule has 0 spiro atoms. The minimum atomic E-state index is -1.10. The number of hydrogen-bond donors (Lipinski definition) is 4. The molecule has 0 amide bonds. The number of aliphatic hydroxyl groups is 3. The van der Waals surface area contributed by atoms with Crippen molar-refractivity contribution in [3.8, 4) is 0 Å². The Morgan fingerprint density at radius 2 is 1.92 bits per heavy atom. The van der Waals surface area contributed by atoms with E-state index in [1.807, 2.05) is 0 Å². The normalized spacial score (nSPS) is 49.2. The average molecular weight is 177 g/mol. The lowest BCUT2D eigenvalue weighted by atomic mass is 9.94. The van der Waals surface area contributed by atoms with E-state index >= 15 is 0 Å². The fraction of sp³-hybridized carbons (Fsp3) is 1.00. The Bertz CT molecular complexity index is 150. The predicted octanol–water partition coefficient (Wildman–Crippen LogP) is -2.18. The van der Waals surface area contributed by atoms with Crippen LogP contribution < -0.4 is 5.73 Å². The van der Waals surface area contributed by atoms with Crippen molar-refractivity contribution in [3.05, 3.63) is 0 Å². The van der Waals surface area contributed by atoms with E-state index in [-0.39, 0.29) is 12.7 Å². The molecule has 0 unspecified atom stereocenters. The van der Waals surface area contributed by atoms with Gasteiger partial charge in [0.05, 0.1) is 18.8 Å². The number of aliphatic hydroxyl groups excluding tert-OH is 3. The summed E-state index contributed by atoms with van der Waals surface area (Å²) in [5.41, 5.74) is 5.51. The van der Waals surface area contributed by atoms with Crippen molar-refractivity contribution in [2.24, 2.45) is 5.73 Å². The first kappa shape index (κ1) is 9.88. The Morgan fingerprint density at radius 1 is 1.33 bits per heavy atom. The maximum Gasteiger partial charge on any atom is 0.110 e. The number of nitrogens with two attached hydrogens (primary N) is 1. The van der Waals surface area contributed by atoms with Gasteiger partial charge in [0.1, 0.15) is 18.3 Å². The smallest absolute Gasteiger partial charge is 0.110 e. The standard InChI is InChI=1S/C7H15NO4/c1-3-5(8)7(11)6(10)4(2-9)12-3/h3-7,9-11H,2,8H2,1H3/t3-,4-,5+,6-,7-/m1/s1. The van der Waals surface area contributed by atoms with Gasteiger partial charge in [-0.25, -0.2) is 0 Å². The summed E-state index contributed by atoms with van der Waals surface area (Å²) in [5.74, 6) is 0. The molecule has 5 atom stereocenters. The molecule has 12 heavy (non-hydrogen) atoms. The Kier molecular flexibility index (Phi) is 3.03. The van der Waals surface area contributed by atoms with Crippen LogP contribution in [-0.2, 0) is 4.74 Å². The minimum absolute atomic E-state index is 0.310. The molecule has 0 aromatic carbocycles. The second kappa shape index (κ2) is 3.68. The molecule has 1 rings (SSSR count). The zero-order chi connectivity index (χ0) is 9.30. The van der Waals surface area contributed by atoms with E-state index in [0.29, 0.717) is 0 Å². The average Bonchev–Trinajstić information content (AvgIpc) is 2.08. The highest BCUT2D eigenvalue weighted by Gasteiger charge is 2.40. The van der Waals surface area contributed by atoms with Crippen molar-refractivity contribution < 1.29 is 20.1 Å². The van der Waals surface area contributed by atoms with E-state index in [1.54, 1.807) is 6.92 Å². The molecule has 5 heteroatoms. The van der Waals surface area contributed by atoms with Gasteiger partial charge in [-0.2, -0.15) is 0 Å². The van der Waals surface area contributed by atoms with Crippen LogP contribution in [0.15, 0.2) is 0 Å². The Balaban J connectivity index is 2.63. The maximum atomic E-state index is 9.35. The number of hydrogen-bond acceptors (Lipinski definition) is 5. The van der Waals surface area contributed by atoms with Crippen molar-refractivity contribution in [2.45, 2.75) is 37.4 Å². The largest absolute Gasteiger partial charge is 0.394 e. The van der Waals surface area contributed by atoms with Gasteiger partial charge in [-0.3, -0.25) is 0 Å². The summed E-state index contributed by atoms with van der Waals surface area (Å²) in [5, 5.41) is 27.4. The molecule has 0 saturated carbocycles. The summed E-state index contributed by atoms with van der Waals surface area (Å²) >= 11 is 0. The lowest BCUT2D eigenvalue weighted by Crippen LogP contribution is -2.60. The SMILES string of the molecule is C[C@H]1O[C@H](CO)[C@@H](O)[C@H](O)[C@H]1N. The maximum absolute atomic E-state index is 9.35. The van der Waals surface area contributed by atoms with Crippen LogP contribution in [0.5, 0.6) is 0 Å². The second-order valence-electron chi connectivity index (χ2n) is 3.12. The molecule has 0 aliphatic carbocycles. The van der Waals surface area contributed by atoms with Crippen LogP contribution in [0, 0.1) is 0 Å². The van der Waals surface area contributed by atoms with Crippen LogP contribution in [0.3, 0.4) is 0 Å². The van der Waals surface area contributed by atoms with Crippen LogP contribution in [0.1, 0.15) is 6.92 Å². The highest BCUT2D eigenvalue weighted by molar-refractivity contribution is 4.92. The van der Waals surface area contributed by atoms with E-state index in [1.165, 1.54) is 0 Å². The summed E-state index contributed by atoms with van der Waals surface area (Å²) in [6.07, 6.45) is -3.19. The van der Waals surface area contributed by atoms with Crippen LogP contribution >= 0.6 is 0 Å². The van der Waals surface area contributed by atoms with Gasteiger partial charge in [-0.15, -0.1) is 0 Å². The van der Waals surface area contributed by atoms with Crippen molar-refractivity contribution in [3.63, 3.8) is 0 Å². The predicted molar refractivity (Wildman–Crippen MR) is 41.4 cm³/mol. The lowest BCUT2D eigenvalue weighted by Gasteiger charge is -2.39. The van der Waals surface area contributed by atoms with Crippen LogP contribution in [0.4, 0.5) is 0 Å². The van der Waals surface area contributed by atoms with Crippen molar-refractivity contribution in [2.75, 3.05) is 6.61 Å². The highest BCUT2D eigenvalue weighted by atomic mass is 16.5. The second-order valence-corrected chi connectivity index (χ2v) is 3.12. The van der Waals surface area contributed by atoms with Gasteiger partial charge in [0.25, 0.3) is 0 Å². The monoisotopic (exact) mass is 177 g/mol. The van der Waals surface area contributed by atoms with E-state index in [9.17, 15) is 10.2 Å². The molecule has 5 N–H and O–H groups in total. The van der Waals surface area contributed by atoms with Crippen LogP contribution in [0.25, 0.3) is 0 Å². The molecule has 5 nitrogen and oxygen atoms in total. The molecule has 1 aliphatic rings. The first-order chi connectivity index (χ1) is 5.57. The van der Waals surface area contributed by atoms with Gasteiger partial charge in [-0.05, 0) is 6.92 Å². The van der Waals surface area contributed by atoms with E-state index in [2.05, 4.69) is 0 Å². The van der Waals surface area contributed by atoms with Crippen LogP contribution in [-0.4, -0.2) is 52.4 Å². The van der Waals surface area contributed by atoms with E-state index in [4.69, 9.17) is 15.6 Å². The fourth-order valence-electron chi connectivity index (χ4n) is 1.32. The summed E-state index contributed by atoms with van der Waals surface area (Å²) in [4.78, 5) is 0. The molecule has 1 saturated heterocycles. The summed E-state index contributed by atoms with van der Waals surface area (Å²) in [6, 6.07) is -0.595. The molecule has 0 radical (unpaired) electrons. The summed E-state index contributed by atoms with van der Waals surface area (Å²) in [6.45, 7) is 1.39. The van der Waals surface area contributed by atoms with E-state index < -0.39 is 24.4 Å². The van der Waals surface area contributed by atoms with Crippen LogP contribution in [0.2, 0.25) is 0 Å². The van der Waals surface area contributed by atoms with Gasteiger partial charge in [0, 0.05) is 0 Å². The first-order valence-electron chi connectivity index (χ1n) is 3.96. The summed E-state index contributed by atoms with van der Waals surface area (Å²) in [7, 11) is 0. The van der Waals surface area contributed by atoms with Gasteiger partial charge in [0.15, 0.2) is 0 Å². The number of rotatable bonds is 1. The summed E-state index contributed by atoms with van der Waals surface area (Å²) < 4.78 is 5.15. The molecule has 0 aromatic heterocycles. The molecule has 0 aromatic rings. The molecule has 0 bridgehead atoms. The highest BCUT2D eigenvalue weighted by Crippen LogP contribution is 2.18. The minimum Gasteiger partial charge on any atom is -0.394 e.